The maximum atomic E-state index is 13.9. The molecule has 0 unspecified atom stereocenters. The molecule has 0 spiro atoms. The van der Waals surface area contributed by atoms with E-state index < -0.39 is 36.2 Å². The van der Waals surface area contributed by atoms with Crippen molar-refractivity contribution in [2.75, 3.05) is 30.5 Å². The van der Waals surface area contributed by atoms with Gasteiger partial charge in [0.1, 0.15) is 17.1 Å². The van der Waals surface area contributed by atoms with Crippen LogP contribution in [0.1, 0.15) is 18.9 Å². The van der Waals surface area contributed by atoms with Crippen molar-refractivity contribution in [1.29, 1.82) is 0 Å². The maximum Gasteiger partial charge on any atom is 0.335 e. The zero-order valence-corrected chi connectivity index (χ0v) is 23.6. The molecule has 10 nitrogen and oxygen atoms in total. The van der Waals surface area contributed by atoms with Gasteiger partial charge in [0.15, 0.2) is 18.1 Å². The molecule has 0 atom stereocenters. The van der Waals surface area contributed by atoms with Gasteiger partial charge in [-0.2, -0.15) is 0 Å². The summed E-state index contributed by atoms with van der Waals surface area (Å²) in [6.07, 6.45) is 2.02. The maximum absolute atomic E-state index is 13.9. The van der Waals surface area contributed by atoms with Gasteiger partial charge in [-0.25, -0.2) is 14.1 Å². The molecular weight excluding hydrogens is 601 g/mol. The minimum Gasteiger partial charge on any atom is -0.493 e. The molecule has 212 valence electrons. The summed E-state index contributed by atoms with van der Waals surface area (Å²) in [4.78, 5) is 52.1. The Balaban J connectivity index is 1.59. The second-order valence-electron chi connectivity index (χ2n) is 8.64. The number of barbiturate groups is 1. The molecule has 12 heteroatoms. The molecule has 0 radical (unpaired) electrons. The van der Waals surface area contributed by atoms with Crippen molar-refractivity contribution in [2.45, 2.75) is 13.3 Å². The van der Waals surface area contributed by atoms with Crippen molar-refractivity contribution < 1.29 is 37.8 Å². The first kappa shape index (κ1) is 29.3. The highest BCUT2D eigenvalue weighted by Gasteiger charge is 2.37. The Bertz CT molecular complexity index is 1540. The van der Waals surface area contributed by atoms with Gasteiger partial charge in [0.05, 0.1) is 25.1 Å². The van der Waals surface area contributed by atoms with E-state index in [1.165, 1.54) is 49.6 Å². The van der Waals surface area contributed by atoms with Gasteiger partial charge in [-0.05, 0) is 55.0 Å². The summed E-state index contributed by atoms with van der Waals surface area (Å²) < 4.78 is 31.1. The summed E-state index contributed by atoms with van der Waals surface area (Å²) in [6, 6.07) is 14.0. The van der Waals surface area contributed by atoms with E-state index in [0.29, 0.717) is 22.6 Å². The van der Waals surface area contributed by atoms with Crippen LogP contribution in [0.3, 0.4) is 0 Å². The summed E-state index contributed by atoms with van der Waals surface area (Å²) in [5, 5.41) is 4.58. The SMILES string of the molecule is CCCOc1ccc(N2C(=O)NC(=O)/C(=C/c3cc(Br)ccc3OCC(=O)Nc3ccccc3F)C2=O)cc1OC. The number of hydrogen-bond acceptors (Lipinski definition) is 7. The van der Waals surface area contributed by atoms with Crippen LogP contribution in [0.2, 0.25) is 0 Å². The lowest BCUT2D eigenvalue weighted by atomic mass is 10.1. The quantitative estimate of drug-likeness (QED) is 0.238. The summed E-state index contributed by atoms with van der Waals surface area (Å²) in [7, 11) is 1.43. The fraction of sp³-hybridized carbons (Fsp3) is 0.172. The van der Waals surface area contributed by atoms with Gasteiger partial charge in [0.25, 0.3) is 17.7 Å². The van der Waals surface area contributed by atoms with Crippen LogP contribution in [0, 0.1) is 5.82 Å². The number of carbonyl (C=O) groups excluding carboxylic acids is 4. The van der Waals surface area contributed by atoms with E-state index in [9.17, 15) is 23.6 Å². The number of benzene rings is 3. The van der Waals surface area contributed by atoms with E-state index in [1.807, 2.05) is 6.92 Å². The first-order valence-electron chi connectivity index (χ1n) is 12.4. The van der Waals surface area contributed by atoms with E-state index in [4.69, 9.17) is 14.2 Å². The Morgan fingerprint density at radius 1 is 1.02 bits per heavy atom. The largest absolute Gasteiger partial charge is 0.493 e. The first-order valence-corrected chi connectivity index (χ1v) is 13.2. The molecule has 0 bridgehead atoms. The molecule has 41 heavy (non-hydrogen) atoms. The number of imide groups is 2. The monoisotopic (exact) mass is 625 g/mol. The number of nitrogens with one attached hydrogen (secondary N) is 2. The number of nitrogens with zero attached hydrogens (tertiary/aromatic N) is 1. The normalized spacial score (nSPS) is 14.1. The van der Waals surface area contributed by atoms with Gasteiger partial charge < -0.3 is 19.5 Å². The van der Waals surface area contributed by atoms with Crippen LogP contribution in [0.5, 0.6) is 17.2 Å². The standard InChI is InChI=1S/C29H25BrFN3O7/c1-3-12-40-24-11-9-19(15-25(24)39-2)34-28(37)20(27(36)33-29(34)38)14-17-13-18(30)8-10-23(17)41-16-26(35)32-22-7-5-4-6-21(22)31/h4-11,13-15H,3,12,16H2,1-2H3,(H,32,35)(H,33,36,38)/b20-14-. The van der Waals surface area contributed by atoms with Crippen molar-refractivity contribution >= 4 is 57.1 Å². The Morgan fingerprint density at radius 2 is 1.78 bits per heavy atom. The second-order valence-corrected chi connectivity index (χ2v) is 9.56. The van der Waals surface area contributed by atoms with Crippen LogP contribution in [0.25, 0.3) is 6.08 Å². The zero-order valence-electron chi connectivity index (χ0n) is 22.0. The molecule has 0 aromatic heterocycles. The Labute approximate surface area is 243 Å². The average Bonchev–Trinajstić information content (AvgIpc) is 2.95. The fourth-order valence-electron chi connectivity index (χ4n) is 3.83. The predicted octanol–water partition coefficient (Wildman–Crippen LogP) is 5.07. The van der Waals surface area contributed by atoms with E-state index in [2.05, 4.69) is 26.6 Å². The summed E-state index contributed by atoms with van der Waals surface area (Å²) in [5.41, 5.74) is 0.0672. The number of urea groups is 1. The highest BCUT2D eigenvalue weighted by Crippen LogP contribution is 2.34. The third-order valence-corrected chi connectivity index (χ3v) is 6.24. The number of amides is 5. The number of ether oxygens (including phenoxy) is 3. The smallest absolute Gasteiger partial charge is 0.335 e. The molecule has 1 heterocycles. The van der Waals surface area contributed by atoms with Crippen molar-refractivity contribution in [3.63, 3.8) is 0 Å². The fourth-order valence-corrected chi connectivity index (χ4v) is 4.21. The van der Waals surface area contributed by atoms with Gasteiger partial charge >= 0.3 is 6.03 Å². The second kappa shape index (κ2) is 13.1. The molecular formula is C29H25BrFN3O7. The van der Waals surface area contributed by atoms with E-state index in [1.54, 1.807) is 24.3 Å². The van der Waals surface area contributed by atoms with Crippen molar-refractivity contribution in [2.24, 2.45) is 0 Å². The van der Waals surface area contributed by atoms with Gasteiger partial charge in [0.2, 0.25) is 0 Å². The molecule has 1 fully saturated rings. The van der Waals surface area contributed by atoms with Crippen LogP contribution in [0.4, 0.5) is 20.6 Å². The summed E-state index contributed by atoms with van der Waals surface area (Å²) >= 11 is 3.34. The van der Waals surface area contributed by atoms with Crippen LogP contribution in [-0.4, -0.2) is 44.1 Å². The molecule has 0 saturated carbocycles. The van der Waals surface area contributed by atoms with Crippen molar-refractivity contribution in [3.05, 3.63) is 82.1 Å². The Kier molecular flexibility index (Phi) is 9.35. The number of anilines is 2. The van der Waals surface area contributed by atoms with E-state index in [0.717, 1.165) is 11.3 Å². The van der Waals surface area contributed by atoms with Gasteiger partial charge in [0, 0.05) is 16.1 Å². The molecule has 0 aliphatic carbocycles. The van der Waals surface area contributed by atoms with Gasteiger partial charge in [-0.1, -0.05) is 35.0 Å². The third kappa shape index (κ3) is 6.90. The highest BCUT2D eigenvalue weighted by molar-refractivity contribution is 9.10. The van der Waals surface area contributed by atoms with Crippen LogP contribution < -0.4 is 29.7 Å². The van der Waals surface area contributed by atoms with Gasteiger partial charge in [-0.3, -0.25) is 19.7 Å². The number of carbonyl (C=O) groups is 4. The lowest BCUT2D eigenvalue weighted by Crippen LogP contribution is -2.54. The van der Waals surface area contributed by atoms with Crippen LogP contribution in [0.15, 0.2) is 70.7 Å². The zero-order chi connectivity index (χ0) is 29.5. The summed E-state index contributed by atoms with van der Waals surface area (Å²) in [6.45, 7) is 1.91. The Morgan fingerprint density at radius 3 is 2.51 bits per heavy atom. The summed E-state index contributed by atoms with van der Waals surface area (Å²) in [5.74, 6) is -2.12. The van der Waals surface area contributed by atoms with E-state index >= 15 is 0 Å². The van der Waals surface area contributed by atoms with Crippen molar-refractivity contribution in [1.82, 2.24) is 5.32 Å². The minimum atomic E-state index is -0.933. The molecule has 2 N–H and O–H groups in total. The van der Waals surface area contributed by atoms with Crippen molar-refractivity contribution in [3.8, 4) is 17.2 Å². The first-order chi connectivity index (χ1) is 19.7. The number of para-hydroxylation sites is 1. The van der Waals surface area contributed by atoms with Crippen LogP contribution >= 0.6 is 15.9 Å². The Hall–Kier alpha value is -4.71. The average molecular weight is 626 g/mol. The topological polar surface area (TPSA) is 123 Å². The molecule has 4 rings (SSSR count). The molecule has 5 amide bonds. The lowest BCUT2D eigenvalue weighted by molar-refractivity contribution is -0.122. The highest BCUT2D eigenvalue weighted by atomic mass is 79.9. The number of halogens is 2. The van der Waals surface area contributed by atoms with Gasteiger partial charge in [-0.15, -0.1) is 0 Å². The number of methoxy groups -OCH3 is 1. The van der Waals surface area contributed by atoms with E-state index in [-0.39, 0.29) is 28.3 Å². The number of hydrogen-bond donors (Lipinski definition) is 2. The molecule has 3 aromatic carbocycles. The number of rotatable bonds is 10. The molecule has 1 aliphatic heterocycles. The third-order valence-electron chi connectivity index (χ3n) is 5.75. The minimum absolute atomic E-state index is 0.00457. The lowest BCUT2D eigenvalue weighted by Gasteiger charge is -2.27. The predicted molar refractivity (Wildman–Crippen MR) is 152 cm³/mol. The molecule has 1 saturated heterocycles. The molecule has 1 aliphatic rings. The van der Waals surface area contributed by atoms with Crippen LogP contribution in [-0.2, 0) is 14.4 Å². The molecule has 3 aromatic rings.